The Bertz CT molecular complexity index is 1560. The van der Waals surface area contributed by atoms with Gasteiger partial charge in [-0.05, 0) is 30.3 Å². The Morgan fingerprint density at radius 3 is 2.71 bits per heavy atom. The smallest absolute Gasteiger partial charge is 0.306 e. The van der Waals surface area contributed by atoms with Gasteiger partial charge in [0.1, 0.15) is 23.4 Å². The van der Waals surface area contributed by atoms with E-state index < -0.39 is 10.0 Å². The molecule has 178 valence electrons. The molecular formula is C24H22N6O4S. The minimum atomic E-state index is -3.58. The van der Waals surface area contributed by atoms with Gasteiger partial charge in [0.05, 0.1) is 17.7 Å². The van der Waals surface area contributed by atoms with Gasteiger partial charge in [-0.1, -0.05) is 30.3 Å². The highest BCUT2D eigenvalue weighted by molar-refractivity contribution is 7.89. The van der Waals surface area contributed by atoms with Crippen LogP contribution in [0.2, 0.25) is 0 Å². The third-order valence-corrected chi connectivity index (χ3v) is 6.73. The van der Waals surface area contributed by atoms with Crippen LogP contribution < -0.4 is 14.8 Å². The van der Waals surface area contributed by atoms with E-state index in [4.69, 9.17) is 9.15 Å². The molecular weight excluding hydrogens is 468 g/mol. The molecule has 3 heterocycles. The van der Waals surface area contributed by atoms with Crippen molar-refractivity contribution in [1.29, 1.82) is 0 Å². The van der Waals surface area contributed by atoms with Crippen molar-refractivity contribution < 1.29 is 17.6 Å². The second kappa shape index (κ2) is 9.57. The van der Waals surface area contributed by atoms with Crippen molar-refractivity contribution in [2.24, 2.45) is 0 Å². The van der Waals surface area contributed by atoms with Crippen LogP contribution in [0.3, 0.4) is 0 Å². The molecule has 11 heteroatoms. The number of rotatable bonds is 9. The van der Waals surface area contributed by atoms with Crippen LogP contribution >= 0.6 is 0 Å². The number of imidazole rings is 1. The maximum atomic E-state index is 12.4. The number of oxazole rings is 1. The highest BCUT2D eigenvalue weighted by Gasteiger charge is 2.20. The molecule has 0 amide bonds. The summed E-state index contributed by atoms with van der Waals surface area (Å²) in [4.78, 5) is 13.8. The van der Waals surface area contributed by atoms with E-state index in [9.17, 15) is 8.42 Å². The molecule has 0 bridgehead atoms. The van der Waals surface area contributed by atoms with Crippen LogP contribution in [0.15, 0.2) is 88.6 Å². The van der Waals surface area contributed by atoms with Crippen LogP contribution in [0.4, 0.5) is 5.95 Å². The normalized spacial score (nSPS) is 11.6. The monoisotopic (exact) mass is 490 g/mol. The third kappa shape index (κ3) is 4.72. The van der Waals surface area contributed by atoms with Crippen LogP contribution in [0.1, 0.15) is 0 Å². The molecule has 0 atom stereocenters. The molecule has 0 saturated heterocycles. The van der Waals surface area contributed by atoms with Gasteiger partial charge in [-0.25, -0.2) is 23.1 Å². The number of benzene rings is 2. The zero-order valence-electron chi connectivity index (χ0n) is 18.7. The Morgan fingerprint density at radius 2 is 1.89 bits per heavy atom. The maximum Gasteiger partial charge on any atom is 0.306 e. The zero-order chi connectivity index (χ0) is 24.3. The first-order chi connectivity index (χ1) is 17.0. The lowest BCUT2D eigenvalue weighted by molar-refractivity contribution is 0.415. The Morgan fingerprint density at radius 1 is 1.03 bits per heavy atom. The van der Waals surface area contributed by atoms with E-state index in [1.54, 1.807) is 62.2 Å². The lowest BCUT2D eigenvalue weighted by Gasteiger charge is -2.09. The number of hydrogen-bond acceptors (Lipinski definition) is 8. The Balaban J connectivity index is 1.36. The van der Waals surface area contributed by atoms with Crippen LogP contribution in [-0.2, 0) is 10.0 Å². The van der Waals surface area contributed by atoms with Crippen LogP contribution in [0, 0.1) is 0 Å². The molecule has 5 aromatic rings. The summed E-state index contributed by atoms with van der Waals surface area (Å²) >= 11 is 0. The van der Waals surface area contributed by atoms with Crippen LogP contribution in [-0.4, -0.2) is 48.0 Å². The number of methoxy groups -OCH3 is 1. The van der Waals surface area contributed by atoms with Crippen molar-refractivity contribution in [3.63, 3.8) is 0 Å². The number of sulfonamides is 1. The molecule has 0 unspecified atom stereocenters. The van der Waals surface area contributed by atoms with Crippen molar-refractivity contribution >= 4 is 21.8 Å². The van der Waals surface area contributed by atoms with E-state index in [2.05, 4.69) is 25.0 Å². The molecule has 2 aromatic carbocycles. The van der Waals surface area contributed by atoms with E-state index in [1.165, 1.54) is 0 Å². The molecule has 0 aliphatic carbocycles. The summed E-state index contributed by atoms with van der Waals surface area (Å²) in [7, 11) is -1.97. The Kier molecular flexibility index (Phi) is 6.17. The summed E-state index contributed by atoms with van der Waals surface area (Å²) in [5.74, 6) is 1.50. The van der Waals surface area contributed by atoms with E-state index in [0.29, 0.717) is 35.5 Å². The first-order valence-corrected chi connectivity index (χ1v) is 12.3. The minimum absolute atomic E-state index is 0.165. The highest BCUT2D eigenvalue weighted by Crippen LogP contribution is 2.33. The predicted molar refractivity (Wildman–Crippen MR) is 131 cm³/mol. The summed E-state index contributed by atoms with van der Waals surface area (Å²) in [6.45, 7) is 0.463. The summed E-state index contributed by atoms with van der Waals surface area (Å²) < 4.78 is 40.0. The van der Waals surface area contributed by atoms with Gasteiger partial charge < -0.3 is 14.5 Å². The lowest BCUT2D eigenvalue weighted by atomic mass is 10.1. The van der Waals surface area contributed by atoms with Crippen molar-refractivity contribution in [3.05, 3.63) is 79.3 Å². The molecule has 35 heavy (non-hydrogen) atoms. The fraction of sp³-hybridized carbons (Fsp3) is 0.125. The molecule has 3 aromatic heterocycles. The van der Waals surface area contributed by atoms with Gasteiger partial charge in [-0.3, -0.25) is 4.40 Å². The number of nitrogens with zero attached hydrogens (tertiary/aromatic N) is 4. The standard InChI is InChI=1S/C24H22N6O4S/c1-33-18-7-5-6-17(16-18)21-22(30-14-15-34-24(30)29-21)20-10-11-25-23(28-20)26-12-13-27-35(31,32)19-8-3-2-4-9-19/h2-11,14-16,27H,12-13H2,1H3,(H,25,26,28). The molecule has 0 fully saturated rings. The second-order valence-corrected chi connectivity index (χ2v) is 9.27. The van der Waals surface area contributed by atoms with Crippen LogP contribution in [0.5, 0.6) is 5.75 Å². The van der Waals surface area contributed by atoms with Gasteiger partial charge in [0.15, 0.2) is 0 Å². The highest BCUT2D eigenvalue weighted by atomic mass is 32.2. The van der Waals surface area contributed by atoms with Gasteiger partial charge in [0, 0.05) is 31.0 Å². The minimum Gasteiger partial charge on any atom is -0.497 e. The van der Waals surface area contributed by atoms with Crippen molar-refractivity contribution in [2.75, 3.05) is 25.5 Å². The second-order valence-electron chi connectivity index (χ2n) is 7.50. The summed E-state index contributed by atoms with van der Waals surface area (Å²) in [5, 5.41) is 3.07. The van der Waals surface area contributed by atoms with Crippen molar-refractivity contribution in [2.45, 2.75) is 4.90 Å². The average Bonchev–Trinajstić information content (AvgIpc) is 3.49. The SMILES string of the molecule is COc1cccc(-c2nc3occn3c2-c2ccnc(NCCNS(=O)(=O)c3ccccc3)n2)c1. The number of nitrogens with one attached hydrogen (secondary N) is 2. The molecule has 2 N–H and O–H groups in total. The topological polar surface area (TPSA) is 124 Å². The number of fused-ring (bicyclic) bond motifs is 1. The van der Waals surface area contributed by atoms with Crippen LogP contribution in [0.25, 0.3) is 28.5 Å². The van der Waals surface area contributed by atoms with E-state index in [-0.39, 0.29) is 11.4 Å². The first-order valence-electron chi connectivity index (χ1n) is 10.8. The van der Waals surface area contributed by atoms with Crippen molar-refractivity contribution in [3.8, 4) is 28.4 Å². The summed E-state index contributed by atoms with van der Waals surface area (Å²) in [6.07, 6.45) is 4.96. The van der Waals surface area contributed by atoms with E-state index >= 15 is 0 Å². The number of hydrogen-bond donors (Lipinski definition) is 2. The molecule has 0 aliphatic rings. The van der Waals surface area contributed by atoms with Gasteiger partial charge in [0.2, 0.25) is 16.0 Å². The molecule has 0 saturated carbocycles. The average molecular weight is 491 g/mol. The molecule has 5 rings (SSSR count). The number of ether oxygens (including phenoxy) is 1. The van der Waals surface area contributed by atoms with Gasteiger partial charge in [0.25, 0.3) is 0 Å². The fourth-order valence-corrected chi connectivity index (χ4v) is 4.67. The summed E-state index contributed by atoms with van der Waals surface area (Å²) in [6, 6.07) is 17.6. The van der Waals surface area contributed by atoms with Gasteiger partial charge >= 0.3 is 5.84 Å². The van der Waals surface area contributed by atoms with Crippen molar-refractivity contribution in [1.82, 2.24) is 24.1 Å². The predicted octanol–water partition coefficient (Wildman–Crippen LogP) is 3.45. The number of anilines is 1. The third-order valence-electron chi connectivity index (χ3n) is 5.26. The first kappa shape index (κ1) is 22.6. The molecule has 10 nitrogen and oxygen atoms in total. The Hall–Kier alpha value is -4.22. The Labute approximate surface area is 201 Å². The van der Waals surface area contributed by atoms with Gasteiger partial charge in [-0.15, -0.1) is 0 Å². The fourth-order valence-electron chi connectivity index (χ4n) is 3.62. The molecule has 0 aliphatic heterocycles. The molecule has 0 radical (unpaired) electrons. The number of aromatic nitrogens is 4. The van der Waals surface area contributed by atoms with E-state index in [1.807, 2.05) is 28.7 Å². The maximum absolute atomic E-state index is 12.4. The van der Waals surface area contributed by atoms with E-state index in [0.717, 1.165) is 11.3 Å². The lowest BCUT2D eigenvalue weighted by Crippen LogP contribution is -2.29. The zero-order valence-corrected chi connectivity index (χ0v) is 19.6. The molecule has 0 spiro atoms. The van der Waals surface area contributed by atoms with Gasteiger partial charge in [-0.2, -0.15) is 4.98 Å². The largest absolute Gasteiger partial charge is 0.497 e. The quantitative estimate of drug-likeness (QED) is 0.301. The summed E-state index contributed by atoms with van der Waals surface area (Å²) in [5.41, 5.74) is 2.89.